The molecule has 4 aromatic rings. The van der Waals surface area contributed by atoms with Crippen molar-refractivity contribution in [2.75, 3.05) is 14.2 Å². The molecule has 5 rings (SSSR count). The molecule has 0 spiro atoms. The van der Waals surface area contributed by atoms with E-state index < -0.39 is 23.6 Å². The minimum atomic E-state index is -0.674. The number of nitrogens with zero attached hydrogens (tertiary/aromatic N) is 1. The van der Waals surface area contributed by atoms with E-state index in [1.165, 1.54) is 25.3 Å². The van der Waals surface area contributed by atoms with Gasteiger partial charge < -0.3 is 14.5 Å². The van der Waals surface area contributed by atoms with Gasteiger partial charge in [-0.05, 0) is 66.4 Å². The van der Waals surface area contributed by atoms with Crippen LogP contribution in [0.3, 0.4) is 0 Å². The Balaban J connectivity index is 1.63. The highest BCUT2D eigenvalue weighted by Crippen LogP contribution is 2.43. The highest BCUT2D eigenvalue weighted by molar-refractivity contribution is 5.87. The minimum absolute atomic E-state index is 0.0107. The summed E-state index contributed by atoms with van der Waals surface area (Å²) in [5.74, 6) is -1.20. The second kappa shape index (κ2) is 10.2. The van der Waals surface area contributed by atoms with Crippen LogP contribution in [0.4, 0.5) is 8.78 Å². The minimum Gasteiger partial charge on any atom is -0.497 e. The zero-order valence-corrected chi connectivity index (χ0v) is 20.9. The van der Waals surface area contributed by atoms with Crippen molar-refractivity contribution in [1.29, 1.82) is 0 Å². The van der Waals surface area contributed by atoms with Gasteiger partial charge in [-0.2, -0.15) is 0 Å². The van der Waals surface area contributed by atoms with Crippen LogP contribution in [0.1, 0.15) is 40.9 Å². The molecule has 2 atom stereocenters. The number of hydrogen-bond acceptors (Lipinski definition) is 4. The van der Waals surface area contributed by atoms with Gasteiger partial charge in [-0.3, -0.25) is 4.90 Å². The monoisotopic (exact) mass is 502 g/mol. The summed E-state index contributed by atoms with van der Waals surface area (Å²) in [5.41, 5.74) is 4.04. The normalized spacial score (nSPS) is 17.8. The van der Waals surface area contributed by atoms with Gasteiger partial charge in [0.1, 0.15) is 17.4 Å². The van der Waals surface area contributed by atoms with E-state index in [9.17, 15) is 4.79 Å². The zero-order chi connectivity index (χ0) is 26.1. The number of esters is 1. The molecule has 0 bridgehead atoms. The number of fused-ring (bicyclic) bond motifs is 3. The number of carbonyl (C=O) groups excluding carboxylic acids is 1. The van der Waals surface area contributed by atoms with Crippen LogP contribution in [0.15, 0.2) is 66.7 Å². The summed E-state index contributed by atoms with van der Waals surface area (Å²) in [4.78, 5) is 17.1. The molecule has 3 aromatic carbocycles. The average molecular weight is 503 g/mol. The summed E-state index contributed by atoms with van der Waals surface area (Å²) in [6.45, 7) is 2.58. The van der Waals surface area contributed by atoms with Crippen LogP contribution in [-0.4, -0.2) is 36.1 Å². The fourth-order valence-corrected chi connectivity index (χ4v) is 5.20. The maximum absolute atomic E-state index is 15.7. The number of carbonyl (C=O) groups is 1. The molecule has 190 valence electrons. The maximum atomic E-state index is 15.7. The molecule has 37 heavy (non-hydrogen) atoms. The number of rotatable bonds is 6. The number of ether oxygens (including phenoxy) is 2. The molecule has 1 aromatic heterocycles. The molecule has 5 nitrogen and oxygen atoms in total. The number of aromatic amines is 1. The number of methoxy groups -OCH3 is 2. The van der Waals surface area contributed by atoms with E-state index in [0.29, 0.717) is 6.54 Å². The molecule has 7 heteroatoms. The van der Waals surface area contributed by atoms with Gasteiger partial charge in [0.2, 0.25) is 0 Å². The molecule has 2 heterocycles. The summed E-state index contributed by atoms with van der Waals surface area (Å²) >= 11 is 0. The second-order valence-electron chi connectivity index (χ2n) is 9.29. The van der Waals surface area contributed by atoms with Gasteiger partial charge in [0.25, 0.3) is 0 Å². The Bertz CT molecular complexity index is 1450. The van der Waals surface area contributed by atoms with Crippen molar-refractivity contribution in [2.24, 2.45) is 0 Å². The molecular formula is C30H28F2N2O3. The molecule has 0 unspecified atom stereocenters. The van der Waals surface area contributed by atoms with Crippen molar-refractivity contribution in [3.05, 3.63) is 106 Å². The standard InChI is InChI=1S/C30H28F2N2O3/c1-18-14-23-22-6-4-5-7-26(22)33-29(23)30(34(18)17-19-8-11-21(36-2)12-9-19)28-24(31)15-20(16-25(28)32)10-13-27(35)37-3/h4-13,15-16,18,30,33H,14,17H2,1-3H3/b13-10+/t18-,30-/m1/s1. The first-order chi connectivity index (χ1) is 17.9. The van der Waals surface area contributed by atoms with Crippen LogP contribution < -0.4 is 4.74 Å². The SMILES string of the molecule is COC(=O)/C=C/c1cc(F)c([C@@H]2c3[nH]c4ccccc4c3C[C@@H](C)N2Cc2ccc(OC)cc2)c(F)c1. The summed E-state index contributed by atoms with van der Waals surface area (Å²) in [6.07, 6.45) is 3.23. The zero-order valence-electron chi connectivity index (χ0n) is 20.9. The predicted molar refractivity (Wildman–Crippen MR) is 139 cm³/mol. The summed E-state index contributed by atoms with van der Waals surface area (Å²) in [5, 5.41) is 1.07. The largest absolute Gasteiger partial charge is 0.497 e. The summed E-state index contributed by atoms with van der Waals surface area (Å²) < 4.78 is 41.4. The molecule has 0 aliphatic carbocycles. The molecule has 0 fully saturated rings. The summed E-state index contributed by atoms with van der Waals surface area (Å²) in [6, 6.07) is 17.5. The molecule has 1 N–H and O–H groups in total. The van der Waals surface area contributed by atoms with Gasteiger partial charge in [0.15, 0.2) is 0 Å². The lowest BCUT2D eigenvalue weighted by molar-refractivity contribution is -0.134. The molecule has 0 radical (unpaired) electrons. The van der Waals surface area contributed by atoms with Gasteiger partial charge in [-0.25, -0.2) is 13.6 Å². The van der Waals surface area contributed by atoms with Crippen molar-refractivity contribution in [1.82, 2.24) is 9.88 Å². The highest BCUT2D eigenvalue weighted by Gasteiger charge is 2.38. The Hall–Kier alpha value is -3.97. The number of halogens is 2. The molecule has 1 aliphatic heterocycles. The lowest BCUT2D eigenvalue weighted by atomic mass is 9.87. The third-order valence-corrected chi connectivity index (χ3v) is 7.03. The summed E-state index contributed by atoms with van der Waals surface area (Å²) in [7, 11) is 2.86. The lowest BCUT2D eigenvalue weighted by Gasteiger charge is -2.41. The highest BCUT2D eigenvalue weighted by atomic mass is 19.1. The fraction of sp³-hybridized carbons (Fsp3) is 0.233. The van der Waals surface area contributed by atoms with Crippen LogP contribution in [0, 0.1) is 11.6 Å². The van der Waals surface area contributed by atoms with Gasteiger partial charge in [0.05, 0.1) is 20.3 Å². The number of nitrogens with one attached hydrogen (secondary N) is 1. The van der Waals surface area contributed by atoms with E-state index >= 15 is 8.78 Å². The van der Waals surface area contributed by atoms with E-state index in [4.69, 9.17) is 4.74 Å². The van der Waals surface area contributed by atoms with E-state index in [2.05, 4.69) is 21.5 Å². The smallest absolute Gasteiger partial charge is 0.330 e. The predicted octanol–water partition coefficient (Wildman–Crippen LogP) is 6.18. The third-order valence-electron chi connectivity index (χ3n) is 7.03. The Labute approximate surface area is 214 Å². The van der Waals surface area contributed by atoms with Gasteiger partial charge in [-0.15, -0.1) is 0 Å². The first kappa shape index (κ1) is 24.7. The fourth-order valence-electron chi connectivity index (χ4n) is 5.20. The molecule has 0 amide bonds. The number of aromatic nitrogens is 1. The van der Waals surface area contributed by atoms with Crippen LogP contribution in [0.5, 0.6) is 5.75 Å². The second-order valence-corrected chi connectivity index (χ2v) is 9.29. The Morgan fingerprint density at radius 3 is 2.46 bits per heavy atom. The van der Waals surface area contributed by atoms with Gasteiger partial charge >= 0.3 is 5.97 Å². The van der Waals surface area contributed by atoms with Crippen molar-refractivity contribution >= 4 is 22.9 Å². The van der Waals surface area contributed by atoms with Crippen LogP contribution in [-0.2, 0) is 22.5 Å². The molecular weight excluding hydrogens is 474 g/mol. The van der Waals surface area contributed by atoms with Crippen molar-refractivity contribution in [3.8, 4) is 5.75 Å². The molecule has 0 saturated heterocycles. The van der Waals surface area contributed by atoms with E-state index in [-0.39, 0.29) is 17.2 Å². The van der Waals surface area contributed by atoms with Crippen LogP contribution in [0.2, 0.25) is 0 Å². The first-order valence-electron chi connectivity index (χ1n) is 12.1. The first-order valence-corrected chi connectivity index (χ1v) is 12.1. The topological polar surface area (TPSA) is 54.6 Å². The lowest BCUT2D eigenvalue weighted by Crippen LogP contribution is -2.42. The quantitative estimate of drug-likeness (QED) is 0.253. The van der Waals surface area contributed by atoms with Crippen molar-refractivity contribution < 1.29 is 23.0 Å². The number of H-pyrrole nitrogens is 1. The Kier molecular flexibility index (Phi) is 6.80. The van der Waals surface area contributed by atoms with Gasteiger partial charge in [0, 0.05) is 40.8 Å². The number of benzene rings is 3. The van der Waals surface area contributed by atoms with Crippen LogP contribution >= 0.6 is 0 Å². The van der Waals surface area contributed by atoms with Gasteiger partial charge in [-0.1, -0.05) is 30.3 Å². The number of hydrogen-bond donors (Lipinski definition) is 1. The average Bonchev–Trinajstić information content (AvgIpc) is 3.27. The molecule has 0 saturated carbocycles. The maximum Gasteiger partial charge on any atom is 0.330 e. The van der Waals surface area contributed by atoms with E-state index in [1.54, 1.807) is 7.11 Å². The van der Waals surface area contributed by atoms with Crippen LogP contribution in [0.25, 0.3) is 17.0 Å². The van der Waals surface area contributed by atoms with E-state index in [0.717, 1.165) is 46.0 Å². The third kappa shape index (κ3) is 4.74. The number of para-hydroxylation sites is 1. The Morgan fingerprint density at radius 1 is 1.08 bits per heavy atom. The van der Waals surface area contributed by atoms with Crippen molar-refractivity contribution in [2.45, 2.75) is 32.0 Å². The van der Waals surface area contributed by atoms with E-state index in [1.807, 2.05) is 48.5 Å². The molecule has 1 aliphatic rings. The van der Waals surface area contributed by atoms with Crippen molar-refractivity contribution in [3.63, 3.8) is 0 Å². The Morgan fingerprint density at radius 2 is 1.78 bits per heavy atom.